The molecule has 0 aromatic carbocycles. The van der Waals surface area contributed by atoms with Gasteiger partial charge in [0.15, 0.2) is 6.29 Å². The second kappa shape index (κ2) is 18.8. The van der Waals surface area contributed by atoms with Gasteiger partial charge in [0.2, 0.25) is 0 Å². The van der Waals surface area contributed by atoms with Crippen LogP contribution in [0.4, 0.5) is 0 Å². The molecule has 25 heavy (non-hydrogen) atoms. The standard InChI is InChI=1S/C17H33ClO7/c18-4-6-19-7-8-20-9-10-21-11-12-22-13-14-23-15-16-25-17-3-1-2-5-24-17/h17H,1-16H2. The first-order valence-electron chi connectivity index (χ1n) is 9.11. The van der Waals surface area contributed by atoms with Gasteiger partial charge in [0, 0.05) is 12.5 Å². The number of halogens is 1. The lowest BCUT2D eigenvalue weighted by atomic mass is 10.2. The minimum Gasteiger partial charge on any atom is -0.378 e. The van der Waals surface area contributed by atoms with Crippen molar-refractivity contribution in [2.24, 2.45) is 0 Å². The summed E-state index contributed by atoms with van der Waals surface area (Å²) in [6, 6.07) is 0. The predicted molar refractivity (Wildman–Crippen MR) is 94.4 cm³/mol. The lowest BCUT2D eigenvalue weighted by molar-refractivity contribution is -0.169. The van der Waals surface area contributed by atoms with Crippen LogP contribution in [0.2, 0.25) is 0 Å². The maximum absolute atomic E-state index is 5.57. The van der Waals surface area contributed by atoms with E-state index in [2.05, 4.69) is 0 Å². The van der Waals surface area contributed by atoms with E-state index in [9.17, 15) is 0 Å². The summed E-state index contributed by atoms with van der Waals surface area (Å²) >= 11 is 5.48. The Morgan fingerprint density at radius 1 is 0.640 bits per heavy atom. The Labute approximate surface area is 156 Å². The van der Waals surface area contributed by atoms with Crippen LogP contribution in [0.25, 0.3) is 0 Å². The summed E-state index contributed by atoms with van der Waals surface area (Å²) in [6.45, 7) is 6.92. The van der Waals surface area contributed by atoms with E-state index in [0.29, 0.717) is 78.6 Å². The van der Waals surface area contributed by atoms with Crippen molar-refractivity contribution in [1.29, 1.82) is 0 Å². The molecule has 0 bridgehead atoms. The highest BCUT2D eigenvalue weighted by Gasteiger charge is 2.13. The van der Waals surface area contributed by atoms with Crippen LogP contribution in [0.15, 0.2) is 0 Å². The average Bonchev–Trinajstić information content (AvgIpc) is 2.65. The van der Waals surface area contributed by atoms with E-state index in [-0.39, 0.29) is 6.29 Å². The van der Waals surface area contributed by atoms with Crippen LogP contribution in [0, 0.1) is 0 Å². The fourth-order valence-electron chi connectivity index (χ4n) is 2.12. The van der Waals surface area contributed by atoms with E-state index in [1.807, 2.05) is 0 Å². The second-order valence-electron chi connectivity index (χ2n) is 5.42. The normalized spacial score (nSPS) is 17.9. The van der Waals surface area contributed by atoms with Crippen molar-refractivity contribution in [3.05, 3.63) is 0 Å². The summed E-state index contributed by atoms with van der Waals surface area (Å²) in [5.74, 6) is 0.511. The fraction of sp³-hybridized carbons (Fsp3) is 1.00. The van der Waals surface area contributed by atoms with Gasteiger partial charge in [0.1, 0.15) is 0 Å². The molecule has 1 saturated heterocycles. The second-order valence-corrected chi connectivity index (χ2v) is 5.80. The maximum atomic E-state index is 5.57. The number of hydrogen-bond donors (Lipinski definition) is 0. The summed E-state index contributed by atoms with van der Waals surface area (Å²) in [4.78, 5) is 0. The van der Waals surface area contributed by atoms with Crippen LogP contribution >= 0.6 is 11.6 Å². The Bertz CT molecular complexity index is 265. The molecule has 0 aliphatic carbocycles. The summed E-state index contributed by atoms with van der Waals surface area (Å²) in [7, 11) is 0. The molecule has 1 aliphatic rings. The third kappa shape index (κ3) is 15.9. The average molecular weight is 385 g/mol. The maximum Gasteiger partial charge on any atom is 0.157 e. The van der Waals surface area contributed by atoms with Crippen molar-refractivity contribution in [2.45, 2.75) is 25.6 Å². The van der Waals surface area contributed by atoms with Crippen LogP contribution < -0.4 is 0 Å². The third-order valence-electron chi connectivity index (χ3n) is 3.38. The molecule has 1 unspecified atom stereocenters. The highest BCUT2D eigenvalue weighted by molar-refractivity contribution is 6.17. The topological polar surface area (TPSA) is 64.6 Å². The molecule has 1 fully saturated rings. The highest BCUT2D eigenvalue weighted by Crippen LogP contribution is 2.13. The minimum absolute atomic E-state index is 0.0482. The van der Waals surface area contributed by atoms with E-state index in [1.165, 1.54) is 6.42 Å². The molecule has 0 saturated carbocycles. The van der Waals surface area contributed by atoms with Gasteiger partial charge in [-0.2, -0.15) is 0 Å². The molecule has 1 heterocycles. The van der Waals surface area contributed by atoms with E-state index >= 15 is 0 Å². The summed E-state index contributed by atoms with van der Waals surface area (Å²) in [5.41, 5.74) is 0. The smallest absolute Gasteiger partial charge is 0.157 e. The number of rotatable bonds is 18. The molecule has 0 aromatic rings. The van der Waals surface area contributed by atoms with Crippen molar-refractivity contribution in [3.8, 4) is 0 Å². The van der Waals surface area contributed by atoms with Crippen molar-refractivity contribution >= 4 is 11.6 Å². The van der Waals surface area contributed by atoms with Crippen molar-refractivity contribution in [3.63, 3.8) is 0 Å². The van der Waals surface area contributed by atoms with Gasteiger partial charge in [-0.1, -0.05) is 0 Å². The van der Waals surface area contributed by atoms with Crippen LogP contribution in [0.1, 0.15) is 19.3 Å². The number of alkyl halides is 1. The first-order valence-corrected chi connectivity index (χ1v) is 9.65. The molecule has 8 heteroatoms. The molecular weight excluding hydrogens is 352 g/mol. The predicted octanol–water partition coefficient (Wildman–Crippen LogP) is 1.85. The van der Waals surface area contributed by atoms with Gasteiger partial charge < -0.3 is 33.2 Å². The van der Waals surface area contributed by atoms with Crippen LogP contribution in [0.3, 0.4) is 0 Å². The lowest BCUT2D eigenvalue weighted by Gasteiger charge is -2.22. The van der Waals surface area contributed by atoms with E-state index in [0.717, 1.165) is 19.4 Å². The highest BCUT2D eigenvalue weighted by atomic mass is 35.5. The Balaban J connectivity index is 1.65. The van der Waals surface area contributed by atoms with Gasteiger partial charge in [-0.05, 0) is 19.3 Å². The van der Waals surface area contributed by atoms with Gasteiger partial charge >= 0.3 is 0 Å². The van der Waals surface area contributed by atoms with Gasteiger partial charge in [0.05, 0.1) is 72.7 Å². The van der Waals surface area contributed by atoms with Gasteiger partial charge in [0.25, 0.3) is 0 Å². The summed E-state index contributed by atoms with van der Waals surface area (Å²) < 4.78 is 37.8. The van der Waals surface area contributed by atoms with Crippen molar-refractivity contribution < 1.29 is 33.2 Å². The molecular formula is C17H33ClO7. The molecule has 0 N–H and O–H groups in total. The Kier molecular flexibility index (Phi) is 17.3. The van der Waals surface area contributed by atoms with Crippen LogP contribution in [-0.2, 0) is 33.2 Å². The Morgan fingerprint density at radius 2 is 1.12 bits per heavy atom. The molecule has 1 atom stereocenters. The van der Waals surface area contributed by atoms with Gasteiger partial charge in [-0.25, -0.2) is 0 Å². The van der Waals surface area contributed by atoms with Crippen LogP contribution in [0.5, 0.6) is 0 Å². The van der Waals surface area contributed by atoms with Crippen molar-refractivity contribution in [2.75, 3.05) is 85.2 Å². The zero-order chi connectivity index (χ0) is 17.8. The zero-order valence-corrected chi connectivity index (χ0v) is 15.9. The van der Waals surface area contributed by atoms with Gasteiger partial charge in [-0.3, -0.25) is 0 Å². The molecule has 0 radical (unpaired) electrons. The van der Waals surface area contributed by atoms with E-state index in [4.69, 9.17) is 44.8 Å². The Hall–Kier alpha value is 0.01000. The number of ether oxygens (including phenoxy) is 7. The zero-order valence-electron chi connectivity index (χ0n) is 15.1. The molecule has 1 rings (SSSR count). The quantitative estimate of drug-likeness (QED) is 0.264. The number of hydrogen-bond acceptors (Lipinski definition) is 7. The third-order valence-corrected chi connectivity index (χ3v) is 3.53. The van der Waals surface area contributed by atoms with Crippen molar-refractivity contribution in [1.82, 2.24) is 0 Å². The minimum atomic E-state index is -0.0482. The lowest BCUT2D eigenvalue weighted by Crippen LogP contribution is -2.24. The van der Waals surface area contributed by atoms with E-state index < -0.39 is 0 Å². The van der Waals surface area contributed by atoms with Crippen LogP contribution in [-0.4, -0.2) is 91.5 Å². The summed E-state index contributed by atoms with van der Waals surface area (Å²) in [6.07, 6.45) is 3.24. The fourth-order valence-corrected chi connectivity index (χ4v) is 2.23. The first-order chi connectivity index (χ1) is 12.4. The first kappa shape index (κ1) is 23.0. The SMILES string of the molecule is ClCCOCCOCCOCCOCCOCCOC1CCCCO1. The van der Waals surface area contributed by atoms with E-state index in [1.54, 1.807) is 0 Å². The molecule has 0 aromatic heterocycles. The molecule has 0 amide bonds. The summed E-state index contributed by atoms with van der Waals surface area (Å²) in [5, 5.41) is 0. The monoisotopic (exact) mass is 384 g/mol. The molecule has 0 spiro atoms. The largest absolute Gasteiger partial charge is 0.378 e. The molecule has 1 aliphatic heterocycles. The van der Waals surface area contributed by atoms with Gasteiger partial charge in [-0.15, -0.1) is 11.6 Å². The molecule has 150 valence electrons. The molecule has 7 nitrogen and oxygen atoms in total. The Morgan fingerprint density at radius 3 is 1.56 bits per heavy atom.